The lowest BCUT2D eigenvalue weighted by atomic mass is 9.84. The lowest BCUT2D eigenvalue weighted by Gasteiger charge is -2.36. The van der Waals surface area contributed by atoms with Crippen LogP contribution in [0.1, 0.15) is 16.4 Å². The summed E-state index contributed by atoms with van der Waals surface area (Å²) >= 11 is 3.22. The van der Waals surface area contributed by atoms with Gasteiger partial charge in [0.25, 0.3) is 0 Å². The summed E-state index contributed by atoms with van der Waals surface area (Å²) in [4.78, 5) is 13.8. The third-order valence-electron chi connectivity index (χ3n) is 4.56. The summed E-state index contributed by atoms with van der Waals surface area (Å²) in [5.41, 5.74) is 1.23. The number of hydrogen-bond acceptors (Lipinski definition) is 5. The van der Waals surface area contributed by atoms with Gasteiger partial charge in [0.05, 0.1) is 30.9 Å². The van der Waals surface area contributed by atoms with E-state index in [0.29, 0.717) is 18.4 Å². The van der Waals surface area contributed by atoms with Crippen LogP contribution in [0.4, 0.5) is 0 Å². The normalized spacial score (nSPS) is 28.3. The molecule has 6 heteroatoms. The van der Waals surface area contributed by atoms with Gasteiger partial charge in [-0.05, 0) is 6.07 Å². The van der Waals surface area contributed by atoms with Crippen molar-refractivity contribution >= 4 is 23.1 Å². The molecular weight excluding hydrogens is 318 g/mol. The molecule has 1 aromatic heterocycles. The highest BCUT2D eigenvalue weighted by Crippen LogP contribution is 2.50. The van der Waals surface area contributed by atoms with Crippen molar-refractivity contribution < 1.29 is 9.47 Å². The van der Waals surface area contributed by atoms with Crippen molar-refractivity contribution in [3.05, 3.63) is 44.4 Å². The van der Waals surface area contributed by atoms with Crippen LogP contribution in [0, 0.1) is 5.92 Å². The van der Waals surface area contributed by atoms with Crippen molar-refractivity contribution in [3.63, 3.8) is 0 Å². The Bertz CT molecular complexity index is 793. The van der Waals surface area contributed by atoms with E-state index < -0.39 is 0 Å². The van der Waals surface area contributed by atoms with Crippen molar-refractivity contribution in [3.8, 4) is 5.75 Å². The van der Waals surface area contributed by atoms with Gasteiger partial charge in [-0.3, -0.25) is 9.36 Å². The van der Waals surface area contributed by atoms with E-state index in [1.807, 2.05) is 16.7 Å². The quantitative estimate of drug-likeness (QED) is 0.792. The van der Waals surface area contributed by atoms with Crippen LogP contribution < -0.4 is 9.61 Å². The molecule has 114 valence electrons. The van der Waals surface area contributed by atoms with Gasteiger partial charge < -0.3 is 9.47 Å². The summed E-state index contributed by atoms with van der Waals surface area (Å²) in [7, 11) is 0. The fourth-order valence-electron chi connectivity index (χ4n) is 3.39. The molecule has 0 N–H and O–H groups in total. The molecule has 3 aliphatic rings. The van der Waals surface area contributed by atoms with Crippen molar-refractivity contribution in [1.29, 1.82) is 0 Å². The number of nitrogens with zero attached hydrogens (tertiary/aromatic N) is 1. The maximum absolute atomic E-state index is 12.4. The van der Waals surface area contributed by atoms with Gasteiger partial charge in [-0.1, -0.05) is 29.5 Å². The zero-order valence-electron chi connectivity index (χ0n) is 11.9. The number of ether oxygens (including phenoxy) is 2. The summed E-state index contributed by atoms with van der Waals surface area (Å²) in [5, 5.41) is 1.16. The van der Waals surface area contributed by atoms with E-state index in [9.17, 15) is 4.79 Å². The van der Waals surface area contributed by atoms with Crippen LogP contribution in [0.25, 0.3) is 0 Å². The second-order valence-electron chi connectivity index (χ2n) is 6.00. The highest BCUT2D eigenvalue weighted by atomic mass is 32.2. The van der Waals surface area contributed by atoms with Crippen molar-refractivity contribution in [2.45, 2.75) is 23.6 Å². The maximum Gasteiger partial charge on any atom is 0.308 e. The van der Waals surface area contributed by atoms with Gasteiger partial charge in [0.2, 0.25) is 0 Å². The minimum absolute atomic E-state index is 0.151. The predicted molar refractivity (Wildman–Crippen MR) is 86.3 cm³/mol. The zero-order chi connectivity index (χ0) is 14.7. The fourth-order valence-corrected chi connectivity index (χ4v) is 6.10. The lowest BCUT2D eigenvalue weighted by molar-refractivity contribution is 0.218. The molecule has 1 aromatic carbocycles. The number of epoxide rings is 1. The number of thioether (sulfide) groups is 1. The molecule has 3 aliphatic heterocycles. The van der Waals surface area contributed by atoms with Crippen LogP contribution in [0.5, 0.6) is 5.75 Å². The first-order valence-corrected chi connectivity index (χ1v) is 9.31. The molecule has 0 spiro atoms. The number of fused-ring (bicyclic) bond motifs is 5. The highest BCUT2D eigenvalue weighted by molar-refractivity contribution is 7.99. The monoisotopic (exact) mass is 333 g/mol. The third-order valence-corrected chi connectivity index (χ3v) is 7.06. The Hall–Kier alpha value is -1.24. The maximum atomic E-state index is 12.4. The second kappa shape index (κ2) is 4.88. The van der Waals surface area contributed by atoms with Gasteiger partial charge in [0, 0.05) is 28.0 Å². The lowest BCUT2D eigenvalue weighted by Crippen LogP contribution is -2.31. The Morgan fingerprint density at radius 1 is 1.27 bits per heavy atom. The summed E-state index contributed by atoms with van der Waals surface area (Å²) in [6, 6.07) is 8.24. The zero-order valence-corrected chi connectivity index (χ0v) is 13.5. The molecule has 3 atom stereocenters. The van der Waals surface area contributed by atoms with E-state index in [1.165, 1.54) is 21.8 Å². The van der Waals surface area contributed by atoms with Crippen molar-refractivity contribution in [2.24, 2.45) is 5.92 Å². The van der Waals surface area contributed by atoms with Gasteiger partial charge >= 0.3 is 4.87 Å². The second-order valence-corrected chi connectivity index (χ2v) is 8.00. The van der Waals surface area contributed by atoms with Crippen molar-refractivity contribution in [2.75, 3.05) is 19.0 Å². The standard InChI is InChI=1S/C16H15NO3S2/c18-16-17(5-10-7-19-10)15-14(22-16)13-9(8-21-15)6-20-12-4-2-1-3-11(12)13/h1-4,9-10,13H,5-8H2/t9-,10-,13-/m1/s1. The molecule has 1 fully saturated rings. The molecule has 4 nitrogen and oxygen atoms in total. The minimum atomic E-state index is 0.151. The van der Waals surface area contributed by atoms with Crippen LogP contribution in [0.3, 0.4) is 0 Å². The van der Waals surface area contributed by atoms with Crippen LogP contribution in [0.15, 0.2) is 34.1 Å². The first-order valence-electron chi connectivity index (χ1n) is 7.51. The van der Waals surface area contributed by atoms with E-state index in [-0.39, 0.29) is 11.0 Å². The SMILES string of the molecule is O=c1sc2c(n1C[C@@H]1CO1)SC[C@H]1COc3ccccc3[C@H]21. The third kappa shape index (κ3) is 1.97. The van der Waals surface area contributed by atoms with Gasteiger partial charge in [0.15, 0.2) is 0 Å². The molecule has 1 saturated heterocycles. The molecule has 0 unspecified atom stereocenters. The molecule has 0 aliphatic carbocycles. The molecule has 22 heavy (non-hydrogen) atoms. The Balaban J connectivity index is 1.65. The molecule has 0 saturated carbocycles. The van der Waals surface area contributed by atoms with Crippen LogP contribution in [0.2, 0.25) is 0 Å². The summed E-state index contributed by atoms with van der Waals surface area (Å²) in [6.45, 7) is 2.23. The van der Waals surface area contributed by atoms with Crippen LogP contribution in [-0.2, 0) is 11.3 Å². The predicted octanol–water partition coefficient (Wildman–Crippen LogP) is 2.55. The molecule has 0 bridgehead atoms. The van der Waals surface area contributed by atoms with E-state index in [0.717, 1.165) is 29.7 Å². The molecular formula is C16H15NO3S2. The van der Waals surface area contributed by atoms with E-state index >= 15 is 0 Å². The summed E-state index contributed by atoms with van der Waals surface area (Å²) in [5.74, 6) is 2.74. The number of para-hydroxylation sites is 1. The molecule has 2 aromatic rings. The number of aromatic nitrogens is 1. The van der Waals surface area contributed by atoms with E-state index in [2.05, 4.69) is 12.1 Å². The molecule has 4 heterocycles. The van der Waals surface area contributed by atoms with E-state index in [1.54, 1.807) is 11.8 Å². The van der Waals surface area contributed by atoms with Crippen LogP contribution in [-0.4, -0.2) is 29.6 Å². The van der Waals surface area contributed by atoms with E-state index in [4.69, 9.17) is 9.47 Å². The van der Waals surface area contributed by atoms with Gasteiger partial charge in [0.1, 0.15) is 5.75 Å². The number of benzene rings is 1. The van der Waals surface area contributed by atoms with Gasteiger partial charge in [-0.25, -0.2) is 0 Å². The molecule has 0 radical (unpaired) electrons. The van der Waals surface area contributed by atoms with Gasteiger partial charge in [-0.15, -0.1) is 11.8 Å². The number of rotatable bonds is 2. The average Bonchev–Trinajstić information content (AvgIpc) is 3.31. The van der Waals surface area contributed by atoms with Crippen LogP contribution >= 0.6 is 23.1 Å². The smallest absolute Gasteiger partial charge is 0.308 e. The topological polar surface area (TPSA) is 43.8 Å². The first-order chi connectivity index (χ1) is 10.8. The fraction of sp³-hybridized carbons (Fsp3) is 0.438. The molecule has 0 amide bonds. The summed E-state index contributed by atoms with van der Waals surface area (Å²) < 4.78 is 13.1. The Morgan fingerprint density at radius 3 is 3.00 bits per heavy atom. The average molecular weight is 333 g/mol. The molecule has 5 rings (SSSR count). The van der Waals surface area contributed by atoms with Gasteiger partial charge in [-0.2, -0.15) is 0 Å². The number of thiazole rings is 1. The minimum Gasteiger partial charge on any atom is -0.493 e. The Morgan fingerprint density at radius 2 is 2.14 bits per heavy atom. The van der Waals surface area contributed by atoms with Crippen molar-refractivity contribution in [1.82, 2.24) is 4.57 Å². The first kappa shape index (κ1) is 13.2. The summed E-state index contributed by atoms with van der Waals surface area (Å²) in [6.07, 6.45) is 0.233. The Kier molecular flexibility index (Phi) is 2.93. The Labute approximate surface area is 136 Å². The number of hydrogen-bond donors (Lipinski definition) is 0. The highest BCUT2D eigenvalue weighted by Gasteiger charge is 2.40. The largest absolute Gasteiger partial charge is 0.493 e.